The number of ether oxygens (including phenoxy) is 2. The van der Waals surface area contributed by atoms with Crippen LogP contribution in [-0.2, 0) is 22.6 Å². The molecule has 7 nitrogen and oxygen atoms in total. The number of nitrogens with zero attached hydrogens (tertiary/aromatic N) is 1. The number of halogens is 1. The van der Waals surface area contributed by atoms with Crippen LogP contribution in [0.3, 0.4) is 0 Å². The van der Waals surface area contributed by atoms with Crippen LogP contribution in [-0.4, -0.2) is 19.0 Å². The lowest BCUT2D eigenvalue weighted by molar-refractivity contribution is -0.112. The Balaban J connectivity index is 1.71. The van der Waals surface area contributed by atoms with Crippen molar-refractivity contribution in [3.05, 3.63) is 75.0 Å². The normalized spacial score (nSPS) is 11.0. The zero-order chi connectivity index (χ0) is 23.8. The number of aryl methyl sites for hydroxylation is 1. The summed E-state index contributed by atoms with van der Waals surface area (Å²) >= 11 is 7.22. The zero-order valence-electron chi connectivity index (χ0n) is 18.0. The lowest BCUT2D eigenvalue weighted by atomic mass is 10.2. The van der Waals surface area contributed by atoms with Crippen molar-refractivity contribution in [2.45, 2.75) is 26.4 Å². The number of nitriles is 1. The smallest absolute Gasteiger partial charge is 0.340 e. The molecule has 0 aliphatic carbocycles. The van der Waals surface area contributed by atoms with Gasteiger partial charge in [-0.2, -0.15) is 5.26 Å². The summed E-state index contributed by atoms with van der Waals surface area (Å²) in [5.74, 6) is 0.210. The number of furan rings is 1. The molecule has 0 saturated heterocycles. The Morgan fingerprint density at radius 1 is 1.27 bits per heavy atom. The van der Waals surface area contributed by atoms with Crippen molar-refractivity contribution in [1.29, 1.82) is 5.26 Å². The van der Waals surface area contributed by atoms with Gasteiger partial charge in [0.15, 0.2) is 0 Å². The van der Waals surface area contributed by atoms with E-state index in [9.17, 15) is 14.9 Å². The van der Waals surface area contributed by atoms with E-state index in [-0.39, 0.29) is 17.7 Å². The predicted octanol–water partition coefficient (Wildman–Crippen LogP) is 5.86. The van der Waals surface area contributed by atoms with Gasteiger partial charge in [0.1, 0.15) is 40.5 Å². The second kappa shape index (κ2) is 11.4. The number of hydrogen-bond donors (Lipinski definition) is 1. The molecule has 2 heterocycles. The summed E-state index contributed by atoms with van der Waals surface area (Å²) in [5.41, 5.74) is 0.0861. The second-order valence-electron chi connectivity index (χ2n) is 6.87. The molecular formula is C24H21ClN2O5S. The third-order valence-corrected chi connectivity index (χ3v) is 5.77. The molecule has 1 N–H and O–H groups in total. The Bertz CT molecular complexity index is 1220. The first-order valence-electron chi connectivity index (χ1n) is 10.0. The van der Waals surface area contributed by atoms with Gasteiger partial charge in [-0.1, -0.05) is 31.0 Å². The first-order valence-corrected chi connectivity index (χ1v) is 11.2. The van der Waals surface area contributed by atoms with E-state index in [1.165, 1.54) is 24.5 Å². The molecular weight excluding hydrogens is 464 g/mol. The Hall–Kier alpha value is -3.54. The van der Waals surface area contributed by atoms with Crippen LogP contribution >= 0.6 is 22.9 Å². The average Bonchev–Trinajstić information content (AvgIpc) is 3.42. The molecule has 0 saturated carbocycles. The molecule has 2 aromatic heterocycles. The topological polar surface area (TPSA) is 102 Å². The van der Waals surface area contributed by atoms with Gasteiger partial charge in [0.2, 0.25) is 0 Å². The van der Waals surface area contributed by atoms with Gasteiger partial charge < -0.3 is 19.2 Å². The molecule has 9 heteroatoms. The van der Waals surface area contributed by atoms with Crippen molar-refractivity contribution < 1.29 is 23.5 Å². The van der Waals surface area contributed by atoms with Gasteiger partial charge >= 0.3 is 5.97 Å². The quantitative estimate of drug-likeness (QED) is 0.232. The van der Waals surface area contributed by atoms with E-state index in [1.54, 1.807) is 42.5 Å². The van der Waals surface area contributed by atoms with Crippen LogP contribution in [0.5, 0.6) is 5.75 Å². The van der Waals surface area contributed by atoms with Crippen molar-refractivity contribution in [2.75, 3.05) is 12.4 Å². The average molecular weight is 485 g/mol. The van der Waals surface area contributed by atoms with E-state index in [0.717, 1.165) is 17.7 Å². The van der Waals surface area contributed by atoms with E-state index in [0.29, 0.717) is 27.3 Å². The Labute approximate surface area is 200 Å². The molecule has 3 rings (SSSR count). The number of anilines is 1. The lowest BCUT2D eigenvalue weighted by Crippen LogP contribution is -2.15. The molecule has 0 aliphatic heterocycles. The standard InChI is InChI=1S/C24H21ClN2O5S/c1-3-5-20-12-21(24(29)30-2)23(33-20)27-22(28)15(13-26)10-18-8-9-19(32-18)14-31-17-7-4-6-16(25)11-17/h4,6-12H,3,5,14H2,1-2H3,(H,27,28). The van der Waals surface area contributed by atoms with Crippen LogP contribution in [0.4, 0.5) is 5.00 Å². The SMILES string of the molecule is CCCc1cc(C(=O)OC)c(NC(=O)C(C#N)=Cc2ccc(COc3cccc(Cl)c3)o2)s1. The number of methoxy groups -OCH3 is 1. The lowest BCUT2D eigenvalue weighted by Gasteiger charge is -2.04. The molecule has 33 heavy (non-hydrogen) atoms. The fourth-order valence-corrected chi connectivity index (χ4v) is 4.21. The fraction of sp³-hybridized carbons (Fsp3) is 0.208. The second-order valence-corrected chi connectivity index (χ2v) is 8.44. The fourth-order valence-electron chi connectivity index (χ4n) is 2.89. The van der Waals surface area contributed by atoms with Crippen molar-refractivity contribution in [3.63, 3.8) is 0 Å². The number of carbonyl (C=O) groups excluding carboxylic acids is 2. The number of esters is 1. The summed E-state index contributed by atoms with van der Waals surface area (Å²) in [6.45, 7) is 2.17. The molecule has 3 aromatic rings. The maximum absolute atomic E-state index is 12.7. The third kappa shape index (κ3) is 6.48. The minimum atomic E-state index is -0.652. The number of thiophene rings is 1. The van der Waals surface area contributed by atoms with Gasteiger partial charge in [-0.05, 0) is 42.8 Å². The van der Waals surface area contributed by atoms with Gasteiger partial charge in [0.05, 0.1) is 12.7 Å². The van der Waals surface area contributed by atoms with Crippen LogP contribution in [0.15, 0.2) is 52.5 Å². The van der Waals surface area contributed by atoms with Gasteiger partial charge in [0.25, 0.3) is 5.91 Å². The molecule has 0 bridgehead atoms. The van der Waals surface area contributed by atoms with E-state index < -0.39 is 11.9 Å². The van der Waals surface area contributed by atoms with Crippen LogP contribution < -0.4 is 10.1 Å². The number of rotatable bonds is 9. The Morgan fingerprint density at radius 3 is 2.79 bits per heavy atom. The number of nitrogens with one attached hydrogen (secondary N) is 1. The number of benzene rings is 1. The number of amides is 1. The van der Waals surface area contributed by atoms with Crippen LogP contribution in [0.2, 0.25) is 5.02 Å². The molecule has 170 valence electrons. The Morgan fingerprint density at radius 2 is 2.09 bits per heavy atom. The summed E-state index contributed by atoms with van der Waals surface area (Å²) in [5, 5.41) is 13.0. The van der Waals surface area contributed by atoms with Gasteiger partial charge in [0, 0.05) is 16.0 Å². The largest absolute Gasteiger partial charge is 0.486 e. The number of hydrogen-bond acceptors (Lipinski definition) is 7. The highest BCUT2D eigenvalue weighted by Gasteiger charge is 2.20. The van der Waals surface area contributed by atoms with Gasteiger partial charge in [-0.25, -0.2) is 4.79 Å². The molecule has 0 spiro atoms. The van der Waals surface area contributed by atoms with Crippen molar-refractivity contribution in [1.82, 2.24) is 0 Å². The third-order valence-electron chi connectivity index (χ3n) is 4.42. The van der Waals surface area contributed by atoms with Gasteiger partial charge in [-0.15, -0.1) is 11.3 Å². The van der Waals surface area contributed by atoms with E-state index in [1.807, 2.05) is 13.0 Å². The highest BCUT2D eigenvalue weighted by atomic mass is 35.5. The highest BCUT2D eigenvalue weighted by Crippen LogP contribution is 2.30. The van der Waals surface area contributed by atoms with Crippen molar-refractivity contribution in [2.24, 2.45) is 0 Å². The van der Waals surface area contributed by atoms with E-state index in [4.69, 9.17) is 25.5 Å². The summed E-state index contributed by atoms with van der Waals surface area (Å²) in [6.07, 6.45) is 2.98. The van der Waals surface area contributed by atoms with E-state index >= 15 is 0 Å². The summed E-state index contributed by atoms with van der Waals surface area (Å²) in [4.78, 5) is 25.7. The summed E-state index contributed by atoms with van der Waals surface area (Å²) < 4.78 is 16.1. The van der Waals surface area contributed by atoms with Crippen molar-refractivity contribution >= 4 is 45.9 Å². The monoisotopic (exact) mass is 484 g/mol. The van der Waals surface area contributed by atoms with E-state index in [2.05, 4.69) is 5.32 Å². The molecule has 0 atom stereocenters. The first kappa shape index (κ1) is 24.1. The number of carbonyl (C=O) groups is 2. The van der Waals surface area contributed by atoms with Crippen LogP contribution in [0.1, 0.15) is 40.1 Å². The molecule has 1 aromatic carbocycles. The zero-order valence-corrected chi connectivity index (χ0v) is 19.6. The molecule has 1 amide bonds. The maximum Gasteiger partial charge on any atom is 0.340 e. The maximum atomic E-state index is 12.7. The van der Waals surface area contributed by atoms with Crippen molar-refractivity contribution in [3.8, 4) is 11.8 Å². The highest BCUT2D eigenvalue weighted by molar-refractivity contribution is 7.16. The summed E-state index contributed by atoms with van der Waals surface area (Å²) in [6, 6.07) is 13.9. The van der Waals surface area contributed by atoms with Gasteiger partial charge in [-0.3, -0.25) is 4.79 Å². The molecule has 0 aliphatic rings. The summed E-state index contributed by atoms with van der Waals surface area (Å²) in [7, 11) is 1.27. The Kier molecular flexibility index (Phi) is 8.30. The van der Waals surface area contributed by atoms with Crippen LogP contribution in [0.25, 0.3) is 6.08 Å². The molecule has 0 radical (unpaired) electrons. The molecule has 0 fully saturated rings. The first-order chi connectivity index (χ1) is 15.9. The van der Waals surface area contributed by atoms with Crippen LogP contribution in [0, 0.1) is 11.3 Å². The minimum absolute atomic E-state index is 0.153. The minimum Gasteiger partial charge on any atom is -0.486 e. The molecule has 0 unspecified atom stereocenters. The predicted molar refractivity (Wildman–Crippen MR) is 126 cm³/mol.